The number of hydrogen-bond acceptors (Lipinski definition) is 5. The van der Waals surface area contributed by atoms with Crippen molar-refractivity contribution in [3.05, 3.63) is 39.4 Å². The van der Waals surface area contributed by atoms with Crippen LogP contribution in [0.5, 0.6) is 0 Å². The van der Waals surface area contributed by atoms with Crippen LogP contribution in [0, 0.1) is 0 Å². The van der Waals surface area contributed by atoms with Gasteiger partial charge in [-0.05, 0) is 22.0 Å². The molecular formula is C11H9BrClN3O3. The molecule has 0 atom stereocenters. The zero-order valence-corrected chi connectivity index (χ0v) is 12.2. The molecule has 0 aliphatic heterocycles. The molecular weight excluding hydrogens is 337 g/mol. The highest BCUT2D eigenvalue weighted by Crippen LogP contribution is 2.23. The fourth-order valence-electron chi connectivity index (χ4n) is 1.33. The SMILES string of the molecule is COCc1cc(C(=O)Nc2cc(Br)cnc2Cl)no1. The minimum Gasteiger partial charge on any atom is -0.377 e. The van der Waals surface area contributed by atoms with Gasteiger partial charge in [0.1, 0.15) is 6.61 Å². The van der Waals surface area contributed by atoms with Crippen LogP contribution in [0.15, 0.2) is 27.3 Å². The van der Waals surface area contributed by atoms with Gasteiger partial charge in [0.15, 0.2) is 16.6 Å². The van der Waals surface area contributed by atoms with Crippen molar-refractivity contribution in [1.82, 2.24) is 10.1 Å². The summed E-state index contributed by atoms with van der Waals surface area (Å²) in [7, 11) is 1.52. The highest BCUT2D eigenvalue weighted by molar-refractivity contribution is 9.10. The van der Waals surface area contributed by atoms with Crippen LogP contribution in [0.4, 0.5) is 5.69 Å². The van der Waals surface area contributed by atoms with Crippen molar-refractivity contribution >= 4 is 39.1 Å². The van der Waals surface area contributed by atoms with E-state index in [0.29, 0.717) is 15.9 Å². The molecule has 0 fully saturated rings. The van der Waals surface area contributed by atoms with E-state index < -0.39 is 5.91 Å². The molecule has 0 saturated carbocycles. The maximum absolute atomic E-state index is 11.9. The number of hydrogen-bond donors (Lipinski definition) is 1. The Morgan fingerprint density at radius 3 is 3.11 bits per heavy atom. The Morgan fingerprint density at radius 2 is 2.37 bits per heavy atom. The molecule has 2 rings (SSSR count). The van der Waals surface area contributed by atoms with Crippen LogP contribution < -0.4 is 5.32 Å². The summed E-state index contributed by atoms with van der Waals surface area (Å²) in [6, 6.07) is 3.14. The van der Waals surface area contributed by atoms with Gasteiger partial charge in [-0.1, -0.05) is 16.8 Å². The highest BCUT2D eigenvalue weighted by Gasteiger charge is 2.14. The third kappa shape index (κ3) is 3.52. The number of anilines is 1. The molecule has 100 valence electrons. The summed E-state index contributed by atoms with van der Waals surface area (Å²) in [5.41, 5.74) is 0.528. The minimum absolute atomic E-state index is 0.142. The molecule has 2 heterocycles. The van der Waals surface area contributed by atoms with E-state index in [0.717, 1.165) is 0 Å². The Morgan fingerprint density at radius 1 is 1.58 bits per heavy atom. The maximum Gasteiger partial charge on any atom is 0.277 e. The van der Waals surface area contributed by atoms with Gasteiger partial charge in [-0.3, -0.25) is 4.79 Å². The van der Waals surface area contributed by atoms with E-state index in [1.807, 2.05) is 0 Å². The normalized spacial score (nSPS) is 10.5. The molecule has 0 bridgehead atoms. The van der Waals surface area contributed by atoms with Crippen LogP contribution in [0.1, 0.15) is 16.2 Å². The number of methoxy groups -OCH3 is 1. The molecule has 8 heteroatoms. The van der Waals surface area contributed by atoms with Crippen molar-refractivity contribution in [3.8, 4) is 0 Å². The van der Waals surface area contributed by atoms with E-state index in [-0.39, 0.29) is 17.5 Å². The van der Waals surface area contributed by atoms with Gasteiger partial charge in [0, 0.05) is 23.8 Å². The fraction of sp³-hybridized carbons (Fsp3) is 0.182. The number of ether oxygens (including phenoxy) is 1. The number of carbonyl (C=O) groups is 1. The molecule has 0 unspecified atom stereocenters. The quantitative estimate of drug-likeness (QED) is 0.861. The average Bonchev–Trinajstić information content (AvgIpc) is 2.83. The monoisotopic (exact) mass is 345 g/mol. The molecule has 1 N–H and O–H groups in total. The summed E-state index contributed by atoms with van der Waals surface area (Å²) in [6.07, 6.45) is 1.53. The van der Waals surface area contributed by atoms with Crippen molar-refractivity contribution in [2.24, 2.45) is 0 Å². The Hall–Kier alpha value is -1.44. The minimum atomic E-state index is -0.437. The van der Waals surface area contributed by atoms with Crippen molar-refractivity contribution in [2.75, 3.05) is 12.4 Å². The summed E-state index contributed by atoms with van der Waals surface area (Å²) in [6.45, 7) is 0.249. The Bertz CT molecular complexity index is 603. The number of nitrogens with one attached hydrogen (secondary N) is 1. The smallest absolute Gasteiger partial charge is 0.277 e. The van der Waals surface area contributed by atoms with Gasteiger partial charge in [0.25, 0.3) is 5.91 Å². The van der Waals surface area contributed by atoms with Gasteiger partial charge in [-0.15, -0.1) is 0 Å². The van der Waals surface area contributed by atoms with Crippen LogP contribution in [-0.2, 0) is 11.3 Å². The molecule has 19 heavy (non-hydrogen) atoms. The molecule has 2 aromatic heterocycles. The van der Waals surface area contributed by atoms with Crippen LogP contribution >= 0.6 is 27.5 Å². The summed E-state index contributed by atoms with van der Waals surface area (Å²) in [5, 5.41) is 6.43. The number of carbonyl (C=O) groups excluding carboxylic acids is 1. The second-order valence-electron chi connectivity index (χ2n) is 3.56. The summed E-state index contributed by atoms with van der Waals surface area (Å²) >= 11 is 9.12. The van der Waals surface area contributed by atoms with Crippen molar-refractivity contribution in [3.63, 3.8) is 0 Å². The molecule has 0 spiro atoms. The molecule has 0 radical (unpaired) electrons. The lowest BCUT2D eigenvalue weighted by molar-refractivity contribution is 0.101. The van der Waals surface area contributed by atoms with Crippen molar-refractivity contribution in [1.29, 1.82) is 0 Å². The summed E-state index contributed by atoms with van der Waals surface area (Å²) < 4.78 is 10.5. The number of aromatic nitrogens is 2. The first-order valence-electron chi connectivity index (χ1n) is 5.17. The molecule has 0 aromatic carbocycles. The number of rotatable bonds is 4. The second-order valence-corrected chi connectivity index (χ2v) is 4.83. The number of amides is 1. The first-order chi connectivity index (χ1) is 9.10. The standard InChI is InChI=1S/C11H9BrClN3O3/c1-18-5-7-3-9(16-19-7)11(17)15-8-2-6(12)4-14-10(8)13/h2-4H,5H2,1H3,(H,15,17). The van der Waals surface area contributed by atoms with E-state index >= 15 is 0 Å². The molecule has 0 aliphatic carbocycles. The molecule has 6 nitrogen and oxygen atoms in total. The molecule has 2 aromatic rings. The fourth-order valence-corrected chi connectivity index (χ4v) is 1.81. The highest BCUT2D eigenvalue weighted by atomic mass is 79.9. The number of nitrogens with zero attached hydrogens (tertiary/aromatic N) is 2. The Labute approximate surface area is 122 Å². The van der Waals surface area contributed by atoms with Crippen LogP contribution in [0.25, 0.3) is 0 Å². The second kappa shape index (κ2) is 6.14. The number of pyridine rings is 1. The third-order valence-corrected chi connectivity index (χ3v) is 2.87. The zero-order chi connectivity index (χ0) is 13.8. The molecule has 1 amide bonds. The van der Waals surface area contributed by atoms with E-state index in [2.05, 4.69) is 31.4 Å². The first-order valence-corrected chi connectivity index (χ1v) is 6.34. The van der Waals surface area contributed by atoms with Gasteiger partial charge >= 0.3 is 0 Å². The zero-order valence-electron chi connectivity index (χ0n) is 9.81. The maximum atomic E-state index is 11.9. The van der Waals surface area contributed by atoms with Crippen LogP contribution in [0.2, 0.25) is 5.15 Å². The van der Waals surface area contributed by atoms with Crippen LogP contribution in [-0.4, -0.2) is 23.2 Å². The predicted molar refractivity (Wildman–Crippen MR) is 72.1 cm³/mol. The summed E-state index contributed by atoms with van der Waals surface area (Å²) in [4.78, 5) is 15.8. The van der Waals surface area contributed by atoms with Crippen molar-refractivity contribution in [2.45, 2.75) is 6.61 Å². The first kappa shape index (κ1) is 14.0. The number of halogens is 2. The van der Waals surface area contributed by atoms with E-state index in [1.165, 1.54) is 19.4 Å². The van der Waals surface area contributed by atoms with Gasteiger partial charge in [-0.25, -0.2) is 4.98 Å². The van der Waals surface area contributed by atoms with E-state index in [4.69, 9.17) is 20.9 Å². The van der Waals surface area contributed by atoms with Gasteiger partial charge in [0.2, 0.25) is 0 Å². The topological polar surface area (TPSA) is 77.2 Å². The lowest BCUT2D eigenvalue weighted by atomic mass is 10.3. The van der Waals surface area contributed by atoms with Gasteiger partial charge in [-0.2, -0.15) is 0 Å². The lowest BCUT2D eigenvalue weighted by Gasteiger charge is -2.04. The Balaban J connectivity index is 2.13. The van der Waals surface area contributed by atoms with Crippen molar-refractivity contribution < 1.29 is 14.1 Å². The largest absolute Gasteiger partial charge is 0.377 e. The summed E-state index contributed by atoms with van der Waals surface area (Å²) in [5.74, 6) is 0.0269. The van der Waals surface area contributed by atoms with E-state index in [9.17, 15) is 4.79 Å². The lowest BCUT2D eigenvalue weighted by Crippen LogP contribution is -2.12. The average molecular weight is 347 g/mol. The van der Waals surface area contributed by atoms with E-state index in [1.54, 1.807) is 6.07 Å². The molecule has 0 saturated heterocycles. The third-order valence-electron chi connectivity index (χ3n) is 2.13. The van der Waals surface area contributed by atoms with Gasteiger partial charge < -0.3 is 14.6 Å². The Kier molecular flexibility index (Phi) is 4.52. The van der Waals surface area contributed by atoms with Gasteiger partial charge in [0.05, 0.1) is 5.69 Å². The van der Waals surface area contributed by atoms with Crippen LogP contribution in [0.3, 0.4) is 0 Å². The predicted octanol–water partition coefficient (Wildman–Crippen LogP) is 2.88. The molecule has 0 aliphatic rings.